The van der Waals surface area contributed by atoms with Crippen molar-refractivity contribution in [1.29, 1.82) is 0 Å². The molecule has 0 saturated carbocycles. The molecule has 0 saturated heterocycles. The molecule has 1 rings (SSSR count). The summed E-state index contributed by atoms with van der Waals surface area (Å²) in [5.74, 6) is -0.957. The molecule has 6 heteroatoms. The Morgan fingerprint density at radius 3 is 2.29 bits per heavy atom. The zero-order chi connectivity index (χ0) is 15.8. The number of rotatable bonds is 5. The van der Waals surface area contributed by atoms with E-state index < -0.39 is 11.9 Å². The Hall–Kier alpha value is -2.63. The van der Waals surface area contributed by atoms with Gasteiger partial charge in [-0.3, -0.25) is 9.59 Å². The lowest BCUT2D eigenvalue weighted by Crippen LogP contribution is -2.22. The Morgan fingerprint density at radius 1 is 1.14 bits per heavy atom. The molecule has 112 valence electrons. The highest BCUT2D eigenvalue weighted by Gasteiger charge is 2.07. The first-order chi connectivity index (χ1) is 9.92. The van der Waals surface area contributed by atoms with Crippen LogP contribution in [0.2, 0.25) is 0 Å². The predicted octanol–water partition coefficient (Wildman–Crippen LogP) is 1.81. The Labute approximate surface area is 122 Å². The normalized spacial score (nSPS) is 10.7. The highest BCUT2D eigenvalue weighted by molar-refractivity contribution is 5.96. The number of amides is 1. The summed E-state index contributed by atoms with van der Waals surface area (Å²) in [5.41, 5.74) is 0.755. The second-order valence-electron chi connectivity index (χ2n) is 4.15. The van der Waals surface area contributed by atoms with E-state index in [1.54, 1.807) is 13.8 Å². The Balaban J connectivity index is 2.67. The van der Waals surface area contributed by atoms with E-state index in [0.717, 1.165) is 0 Å². The van der Waals surface area contributed by atoms with Crippen molar-refractivity contribution >= 4 is 17.8 Å². The van der Waals surface area contributed by atoms with Gasteiger partial charge in [-0.1, -0.05) is 0 Å². The van der Waals surface area contributed by atoms with Gasteiger partial charge in [-0.2, -0.15) is 0 Å². The van der Waals surface area contributed by atoms with Gasteiger partial charge in [0.1, 0.15) is 5.75 Å². The van der Waals surface area contributed by atoms with E-state index in [1.165, 1.54) is 37.3 Å². The third-order valence-electron chi connectivity index (χ3n) is 2.31. The smallest absolute Gasteiger partial charge is 0.332 e. The van der Waals surface area contributed by atoms with Crippen LogP contribution >= 0.6 is 0 Å². The highest BCUT2D eigenvalue weighted by Crippen LogP contribution is 2.12. The summed E-state index contributed by atoms with van der Waals surface area (Å²) in [6.07, 6.45) is 1.20. The first-order valence-corrected chi connectivity index (χ1v) is 6.37. The molecule has 1 amide bonds. The van der Waals surface area contributed by atoms with E-state index in [2.05, 4.69) is 5.32 Å². The average Bonchev–Trinajstić information content (AvgIpc) is 2.38. The predicted molar refractivity (Wildman–Crippen MR) is 75.6 cm³/mol. The molecule has 1 aromatic carbocycles. The van der Waals surface area contributed by atoms with Crippen molar-refractivity contribution < 1.29 is 23.9 Å². The fourth-order valence-corrected chi connectivity index (χ4v) is 1.49. The highest BCUT2D eigenvalue weighted by atomic mass is 16.5. The third-order valence-corrected chi connectivity index (χ3v) is 2.31. The molecule has 0 unspecified atom stereocenters. The number of allylic oxidation sites excluding steroid dienone is 1. The van der Waals surface area contributed by atoms with Crippen molar-refractivity contribution in [1.82, 2.24) is 5.32 Å². The molecule has 0 aliphatic carbocycles. The zero-order valence-electron chi connectivity index (χ0n) is 12.1. The molecule has 0 heterocycles. The maximum absolute atomic E-state index is 11.9. The number of hydrogen-bond donors (Lipinski definition) is 1. The number of carbonyl (C=O) groups excluding carboxylic acids is 3. The molecule has 1 N–H and O–H groups in total. The van der Waals surface area contributed by atoms with Crippen LogP contribution in [0.1, 0.15) is 31.1 Å². The first kappa shape index (κ1) is 16.4. The van der Waals surface area contributed by atoms with Gasteiger partial charge in [0.25, 0.3) is 5.91 Å². The lowest BCUT2D eigenvalue weighted by molar-refractivity contribution is -0.137. The molecule has 0 radical (unpaired) electrons. The third kappa shape index (κ3) is 5.90. The Morgan fingerprint density at radius 2 is 1.76 bits per heavy atom. The molecule has 0 atom stereocenters. The Kier molecular flexibility index (Phi) is 6.13. The van der Waals surface area contributed by atoms with Crippen LogP contribution in [0.3, 0.4) is 0 Å². The fraction of sp³-hybridized carbons (Fsp3) is 0.267. The summed E-state index contributed by atoms with van der Waals surface area (Å²) >= 11 is 0. The zero-order valence-corrected chi connectivity index (χ0v) is 12.1. The molecule has 0 spiro atoms. The summed E-state index contributed by atoms with van der Waals surface area (Å²) in [6, 6.07) is 6.07. The van der Waals surface area contributed by atoms with E-state index in [0.29, 0.717) is 17.0 Å². The van der Waals surface area contributed by atoms with E-state index in [1.807, 2.05) is 0 Å². The van der Waals surface area contributed by atoms with Gasteiger partial charge in [-0.25, -0.2) is 4.79 Å². The van der Waals surface area contributed by atoms with Crippen LogP contribution in [-0.4, -0.2) is 24.5 Å². The molecular weight excluding hydrogens is 274 g/mol. The SMILES string of the molecule is CCOC(=O)/C=C(\C)NC(=O)c1ccc(OC(C)=O)cc1. The van der Waals surface area contributed by atoms with E-state index in [9.17, 15) is 14.4 Å². The number of ether oxygens (including phenoxy) is 2. The minimum atomic E-state index is -0.513. The molecule has 1 aromatic rings. The van der Waals surface area contributed by atoms with Crippen LogP contribution in [0.5, 0.6) is 5.75 Å². The van der Waals surface area contributed by atoms with Crippen molar-refractivity contribution in [2.24, 2.45) is 0 Å². The van der Waals surface area contributed by atoms with Crippen LogP contribution in [0.15, 0.2) is 36.0 Å². The van der Waals surface area contributed by atoms with E-state index in [-0.39, 0.29) is 12.5 Å². The minimum Gasteiger partial charge on any atom is -0.463 e. The molecule has 0 fully saturated rings. The monoisotopic (exact) mass is 291 g/mol. The fourth-order valence-electron chi connectivity index (χ4n) is 1.49. The molecule has 0 aromatic heterocycles. The van der Waals surface area contributed by atoms with Crippen LogP contribution in [0.25, 0.3) is 0 Å². The van der Waals surface area contributed by atoms with Crippen LogP contribution in [0.4, 0.5) is 0 Å². The van der Waals surface area contributed by atoms with Gasteiger partial charge in [-0.15, -0.1) is 0 Å². The molecule has 0 aliphatic heterocycles. The minimum absolute atomic E-state index is 0.272. The maximum atomic E-state index is 11.9. The topological polar surface area (TPSA) is 81.7 Å². The van der Waals surface area contributed by atoms with Crippen LogP contribution in [0, 0.1) is 0 Å². The van der Waals surface area contributed by atoms with Crippen LogP contribution < -0.4 is 10.1 Å². The average molecular weight is 291 g/mol. The van der Waals surface area contributed by atoms with Gasteiger partial charge in [-0.05, 0) is 38.1 Å². The van der Waals surface area contributed by atoms with Gasteiger partial charge in [0.05, 0.1) is 6.61 Å². The van der Waals surface area contributed by atoms with Crippen molar-refractivity contribution in [3.8, 4) is 5.75 Å². The number of hydrogen-bond acceptors (Lipinski definition) is 5. The number of esters is 2. The van der Waals surface area contributed by atoms with Gasteiger partial charge in [0.15, 0.2) is 0 Å². The maximum Gasteiger partial charge on any atom is 0.332 e. The molecular formula is C15H17NO5. The molecule has 0 aliphatic rings. The van der Waals surface area contributed by atoms with Gasteiger partial charge in [0.2, 0.25) is 0 Å². The summed E-state index contributed by atoms with van der Waals surface area (Å²) in [5, 5.41) is 2.56. The van der Waals surface area contributed by atoms with Gasteiger partial charge in [0, 0.05) is 24.3 Å². The summed E-state index contributed by atoms with van der Waals surface area (Å²) < 4.78 is 9.60. The second kappa shape index (κ2) is 7.84. The number of nitrogens with one attached hydrogen (secondary N) is 1. The van der Waals surface area contributed by atoms with Gasteiger partial charge >= 0.3 is 11.9 Å². The quantitative estimate of drug-likeness (QED) is 0.508. The number of carbonyl (C=O) groups is 3. The van der Waals surface area contributed by atoms with E-state index >= 15 is 0 Å². The summed E-state index contributed by atoms with van der Waals surface area (Å²) in [6.45, 7) is 4.85. The van der Waals surface area contributed by atoms with Crippen molar-refractivity contribution in [2.45, 2.75) is 20.8 Å². The lowest BCUT2D eigenvalue weighted by Gasteiger charge is -2.06. The summed E-state index contributed by atoms with van der Waals surface area (Å²) in [4.78, 5) is 33.9. The van der Waals surface area contributed by atoms with Crippen LogP contribution in [-0.2, 0) is 14.3 Å². The second-order valence-corrected chi connectivity index (χ2v) is 4.15. The van der Waals surface area contributed by atoms with E-state index in [4.69, 9.17) is 9.47 Å². The largest absolute Gasteiger partial charge is 0.463 e. The summed E-state index contributed by atoms with van der Waals surface area (Å²) in [7, 11) is 0. The number of benzene rings is 1. The molecule has 6 nitrogen and oxygen atoms in total. The van der Waals surface area contributed by atoms with Gasteiger partial charge < -0.3 is 14.8 Å². The lowest BCUT2D eigenvalue weighted by atomic mass is 10.2. The van der Waals surface area contributed by atoms with Crippen molar-refractivity contribution in [3.05, 3.63) is 41.6 Å². The van der Waals surface area contributed by atoms with Crippen molar-refractivity contribution in [3.63, 3.8) is 0 Å². The molecule has 21 heavy (non-hydrogen) atoms. The first-order valence-electron chi connectivity index (χ1n) is 6.37. The van der Waals surface area contributed by atoms with Crippen molar-refractivity contribution in [2.75, 3.05) is 6.61 Å². The standard InChI is InChI=1S/C15H17NO5/c1-4-20-14(18)9-10(2)16-15(19)12-5-7-13(8-6-12)21-11(3)17/h5-9H,4H2,1-3H3,(H,16,19)/b10-9+. The Bertz CT molecular complexity index is 560. The molecule has 0 bridgehead atoms.